The average Bonchev–Trinajstić information content (AvgIpc) is 3.31. The Balaban J connectivity index is 1.52. The van der Waals surface area contributed by atoms with Gasteiger partial charge in [0, 0.05) is 19.1 Å². The third kappa shape index (κ3) is 7.68. The molecule has 43 heavy (non-hydrogen) atoms. The van der Waals surface area contributed by atoms with Gasteiger partial charge in [0.05, 0.1) is 6.04 Å². The van der Waals surface area contributed by atoms with Gasteiger partial charge in [-0.25, -0.2) is 4.79 Å². The van der Waals surface area contributed by atoms with Crippen LogP contribution in [0.2, 0.25) is 0 Å². The Morgan fingerprint density at radius 3 is 2.19 bits per heavy atom. The second-order valence-electron chi connectivity index (χ2n) is 13.5. The normalized spacial score (nSPS) is 26.3. The number of nitrogens with zero attached hydrogens (tertiary/aromatic N) is 1. The van der Waals surface area contributed by atoms with Crippen LogP contribution in [0.25, 0.3) is 0 Å². The first-order valence-electron chi connectivity index (χ1n) is 16.3. The molecule has 1 heterocycles. The molecule has 0 aromatic heterocycles. The highest BCUT2D eigenvalue weighted by Crippen LogP contribution is 2.65. The number of hydrogen-bond donors (Lipinski definition) is 4. The van der Waals surface area contributed by atoms with E-state index in [9.17, 15) is 24.0 Å². The van der Waals surface area contributed by atoms with Crippen LogP contribution in [0, 0.1) is 23.2 Å². The molecule has 3 aliphatic carbocycles. The van der Waals surface area contributed by atoms with Crippen LogP contribution in [-0.2, 0) is 19.2 Å². The molecule has 5 atom stereocenters. The fraction of sp³-hybridized carbons (Fsp3) is 0.727. The van der Waals surface area contributed by atoms with E-state index in [0.717, 1.165) is 57.8 Å². The number of piperidine rings is 1. The fourth-order valence-electron chi connectivity index (χ4n) is 7.68. The zero-order chi connectivity index (χ0) is 31.1. The number of rotatable bonds is 13. The highest BCUT2D eigenvalue weighted by Gasteiger charge is 2.69. The van der Waals surface area contributed by atoms with E-state index in [1.165, 1.54) is 12.5 Å². The number of fused-ring (bicyclic) bond motifs is 1. The lowest BCUT2D eigenvalue weighted by Gasteiger charge is -2.37. The third-order valence-electron chi connectivity index (χ3n) is 10.3. The van der Waals surface area contributed by atoms with E-state index in [-0.39, 0.29) is 54.1 Å². The number of amides is 5. The number of nitrogens with one attached hydrogen (secondary N) is 4. The topological polar surface area (TPSA) is 137 Å². The molecule has 0 bridgehead atoms. The molecule has 1 aliphatic heterocycles. The SMILES string of the molecule is C=CCC[C@H](NC(=O)[C@@H]1[C@@H]2[C@H](CN1C(=O)[C@@H](NC(=O)NC1CCCCC1)C1CCCCC1)C2(C)C)C(=O)C(=O)NCC=C. The van der Waals surface area contributed by atoms with Crippen LogP contribution < -0.4 is 21.3 Å². The van der Waals surface area contributed by atoms with Crippen molar-refractivity contribution in [2.24, 2.45) is 23.2 Å². The summed E-state index contributed by atoms with van der Waals surface area (Å²) < 4.78 is 0. The van der Waals surface area contributed by atoms with Gasteiger partial charge in [-0.2, -0.15) is 0 Å². The smallest absolute Gasteiger partial charge is 0.315 e. The lowest BCUT2D eigenvalue weighted by Crippen LogP contribution is -2.60. The average molecular weight is 598 g/mol. The second kappa shape index (κ2) is 14.5. The zero-order valence-corrected chi connectivity index (χ0v) is 26.0. The molecular weight excluding hydrogens is 546 g/mol. The van der Waals surface area contributed by atoms with Gasteiger partial charge in [0.2, 0.25) is 17.6 Å². The summed E-state index contributed by atoms with van der Waals surface area (Å²) in [5.41, 5.74) is -0.132. The molecule has 4 aliphatic rings. The maximum absolute atomic E-state index is 14.3. The number of allylic oxidation sites excluding steroid dienone is 1. The van der Waals surface area contributed by atoms with E-state index in [1.54, 1.807) is 11.0 Å². The minimum atomic E-state index is -1.04. The molecule has 0 unspecified atom stereocenters. The van der Waals surface area contributed by atoms with E-state index in [1.807, 2.05) is 0 Å². The standard InChI is InChI=1S/C33H51N5O5/c1-5-7-18-24(28(39)30(41)34-19-6-2)36-29(40)27-25-23(33(25,3)4)20-38(27)31(42)26(21-14-10-8-11-15-21)37-32(43)35-22-16-12-9-13-17-22/h5-6,21-27H,1-2,7-20H2,3-4H3,(H,34,41)(H,36,40)(H2,35,37,43)/t23-,24-,25-,26-,27-/m0/s1. The fourth-order valence-corrected chi connectivity index (χ4v) is 7.68. The number of ketones is 1. The molecule has 0 aromatic rings. The Morgan fingerprint density at radius 2 is 1.56 bits per heavy atom. The zero-order valence-electron chi connectivity index (χ0n) is 26.0. The summed E-state index contributed by atoms with van der Waals surface area (Å²) in [4.78, 5) is 68.6. The Morgan fingerprint density at radius 1 is 0.907 bits per heavy atom. The Hall–Kier alpha value is -3.17. The van der Waals surface area contributed by atoms with Gasteiger partial charge in [-0.15, -0.1) is 13.2 Å². The number of Topliss-reactive ketones (excluding diaryl/α,β-unsaturated/α-hetero) is 1. The van der Waals surface area contributed by atoms with Crippen LogP contribution in [0.5, 0.6) is 0 Å². The molecule has 4 fully saturated rings. The van der Waals surface area contributed by atoms with Crippen molar-refractivity contribution in [2.75, 3.05) is 13.1 Å². The maximum atomic E-state index is 14.3. The maximum Gasteiger partial charge on any atom is 0.315 e. The van der Waals surface area contributed by atoms with Crippen LogP contribution in [0.3, 0.4) is 0 Å². The Labute approximate surface area is 256 Å². The molecule has 3 saturated carbocycles. The molecule has 0 spiro atoms. The lowest BCUT2D eigenvalue weighted by atomic mass is 9.83. The van der Waals surface area contributed by atoms with Crippen molar-refractivity contribution in [3.8, 4) is 0 Å². The van der Waals surface area contributed by atoms with Crippen LogP contribution in [0.4, 0.5) is 4.79 Å². The van der Waals surface area contributed by atoms with E-state index in [2.05, 4.69) is 48.3 Å². The number of carbonyl (C=O) groups is 5. The van der Waals surface area contributed by atoms with Gasteiger partial charge in [-0.3, -0.25) is 19.2 Å². The Bertz CT molecular complexity index is 1080. The molecule has 0 aromatic carbocycles. The van der Waals surface area contributed by atoms with Crippen LogP contribution >= 0.6 is 0 Å². The summed E-state index contributed by atoms with van der Waals surface area (Å²) in [6.07, 6.45) is 13.8. The predicted octanol–water partition coefficient (Wildman–Crippen LogP) is 3.37. The van der Waals surface area contributed by atoms with E-state index in [0.29, 0.717) is 13.0 Å². The van der Waals surface area contributed by atoms with Gasteiger partial charge in [-0.05, 0) is 61.7 Å². The van der Waals surface area contributed by atoms with Crippen LogP contribution in [0.15, 0.2) is 25.3 Å². The number of hydrogen-bond acceptors (Lipinski definition) is 5. The van der Waals surface area contributed by atoms with Gasteiger partial charge in [0.25, 0.3) is 5.91 Å². The molecule has 1 saturated heterocycles. The first-order valence-corrected chi connectivity index (χ1v) is 16.3. The van der Waals surface area contributed by atoms with E-state index in [4.69, 9.17) is 0 Å². The van der Waals surface area contributed by atoms with E-state index >= 15 is 0 Å². The molecule has 238 valence electrons. The molecule has 4 rings (SSSR count). The van der Waals surface area contributed by atoms with Crippen molar-refractivity contribution in [2.45, 2.75) is 115 Å². The van der Waals surface area contributed by atoms with Crippen molar-refractivity contribution in [1.82, 2.24) is 26.2 Å². The molecule has 0 radical (unpaired) electrons. The van der Waals surface area contributed by atoms with Crippen LogP contribution in [0.1, 0.15) is 90.9 Å². The van der Waals surface area contributed by atoms with Crippen molar-refractivity contribution < 1.29 is 24.0 Å². The summed E-state index contributed by atoms with van der Waals surface area (Å²) in [5.74, 6) is -2.10. The monoisotopic (exact) mass is 597 g/mol. The minimum Gasteiger partial charge on any atom is -0.346 e. The quantitative estimate of drug-likeness (QED) is 0.191. The summed E-state index contributed by atoms with van der Waals surface area (Å²) in [7, 11) is 0. The van der Waals surface area contributed by atoms with Crippen molar-refractivity contribution in [3.05, 3.63) is 25.3 Å². The summed E-state index contributed by atoms with van der Waals surface area (Å²) >= 11 is 0. The molecule has 5 amide bonds. The summed E-state index contributed by atoms with van der Waals surface area (Å²) in [6, 6.07) is -2.74. The van der Waals surface area contributed by atoms with Crippen molar-refractivity contribution >= 4 is 29.5 Å². The van der Waals surface area contributed by atoms with Crippen LogP contribution in [-0.4, -0.2) is 71.7 Å². The molecule has 4 N–H and O–H groups in total. The largest absolute Gasteiger partial charge is 0.346 e. The van der Waals surface area contributed by atoms with Gasteiger partial charge in [-0.1, -0.05) is 64.5 Å². The highest BCUT2D eigenvalue weighted by molar-refractivity contribution is 6.38. The van der Waals surface area contributed by atoms with Gasteiger partial charge < -0.3 is 26.2 Å². The summed E-state index contributed by atoms with van der Waals surface area (Å²) in [6.45, 7) is 12.0. The highest BCUT2D eigenvalue weighted by atomic mass is 16.2. The first-order chi connectivity index (χ1) is 20.6. The molecular formula is C33H51N5O5. The number of likely N-dealkylation sites (tertiary alicyclic amines) is 1. The first kappa shape index (κ1) is 32.7. The molecule has 10 heteroatoms. The minimum absolute atomic E-state index is 0.00229. The van der Waals surface area contributed by atoms with Crippen molar-refractivity contribution in [3.63, 3.8) is 0 Å². The Kier molecular flexibility index (Phi) is 11.1. The number of carbonyl (C=O) groups excluding carboxylic acids is 5. The molecule has 10 nitrogen and oxygen atoms in total. The lowest BCUT2D eigenvalue weighted by molar-refractivity contribution is -0.144. The number of urea groups is 1. The second-order valence-corrected chi connectivity index (χ2v) is 13.5. The van der Waals surface area contributed by atoms with Gasteiger partial charge >= 0.3 is 6.03 Å². The van der Waals surface area contributed by atoms with Crippen molar-refractivity contribution in [1.29, 1.82) is 0 Å². The third-order valence-corrected chi connectivity index (χ3v) is 10.3. The summed E-state index contributed by atoms with van der Waals surface area (Å²) in [5, 5.41) is 11.5. The van der Waals surface area contributed by atoms with E-state index < -0.39 is 35.7 Å². The van der Waals surface area contributed by atoms with Gasteiger partial charge in [0.15, 0.2) is 0 Å². The van der Waals surface area contributed by atoms with Gasteiger partial charge in [0.1, 0.15) is 12.1 Å². The predicted molar refractivity (Wildman–Crippen MR) is 165 cm³/mol.